The predicted octanol–water partition coefficient (Wildman–Crippen LogP) is 2.91. The molecule has 0 radical (unpaired) electrons. The van der Waals surface area contributed by atoms with Gasteiger partial charge in [0.15, 0.2) is 6.10 Å². The van der Waals surface area contributed by atoms with Gasteiger partial charge in [-0.3, -0.25) is 9.10 Å². The number of hydrogen-bond donors (Lipinski definition) is 0. The summed E-state index contributed by atoms with van der Waals surface area (Å²) < 4.78 is 6.98. The van der Waals surface area contributed by atoms with Crippen LogP contribution in [-0.2, 0) is 9.53 Å². The first-order valence-corrected chi connectivity index (χ1v) is 6.76. The van der Waals surface area contributed by atoms with Gasteiger partial charge in [0.25, 0.3) is 5.91 Å². The summed E-state index contributed by atoms with van der Waals surface area (Å²) in [6, 6.07) is 7.50. The minimum absolute atomic E-state index is 0.0178. The van der Waals surface area contributed by atoms with Crippen molar-refractivity contribution in [3.05, 3.63) is 34.9 Å². The van der Waals surface area contributed by atoms with Crippen LogP contribution in [0.1, 0.15) is 18.5 Å². The summed E-state index contributed by atoms with van der Waals surface area (Å²) in [4.78, 5) is 11.8. The number of rotatable bonds is 4. The predicted molar refractivity (Wildman–Crippen MR) is 70.0 cm³/mol. The van der Waals surface area contributed by atoms with E-state index in [9.17, 15) is 4.79 Å². The molecule has 0 saturated carbocycles. The minimum atomic E-state index is -0.408. The Hall–Kier alpha value is -0.710. The number of carbonyl (C=O) groups is 1. The fourth-order valence-corrected chi connectivity index (χ4v) is 3.10. The summed E-state index contributed by atoms with van der Waals surface area (Å²) in [5, 5.41) is 0.675. The SMILES string of the molecule is CCSN1C(=O)C(OC)C1c1ccccc1Cl. The highest BCUT2D eigenvalue weighted by molar-refractivity contribution is 7.97. The number of methoxy groups -OCH3 is 1. The number of benzene rings is 1. The van der Waals surface area contributed by atoms with Crippen LogP contribution < -0.4 is 0 Å². The third kappa shape index (κ3) is 2.17. The van der Waals surface area contributed by atoms with E-state index in [1.54, 1.807) is 11.4 Å². The number of nitrogens with zero attached hydrogens (tertiary/aromatic N) is 1. The van der Waals surface area contributed by atoms with E-state index in [0.717, 1.165) is 11.3 Å². The van der Waals surface area contributed by atoms with Crippen LogP contribution in [0.4, 0.5) is 0 Å². The lowest BCUT2D eigenvalue weighted by atomic mass is 9.94. The van der Waals surface area contributed by atoms with Crippen LogP contribution >= 0.6 is 23.5 Å². The van der Waals surface area contributed by atoms with Crippen molar-refractivity contribution in [1.82, 2.24) is 4.31 Å². The molecule has 0 aromatic heterocycles. The zero-order valence-corrected chi connectivity index (χ0v) is 11.3. The van der Waals surface area contributed by atoms with E-state index in [1.807, 2.05) is 31.2 Å². The van der Waals surface area contributed by atoms with Gasteiger partial charge in [-0.05, 0) is 23.6 Å². The molecule has 0 N–H and O–H groups in total. The Morgan fingerprint density at radius 2 is 2.18 bits per heavy atom. The zero-order valence-electron chi connectivity index (χ0n) is 9.72. The standard InChI is InChI=1S/C12H14ClNO2S/c1-3-17-14-10(11(16-2)12(14)15)8-6-4-5-7-9(8)13/h4-7,10-11H,3H2,1-2H3. The molecular weight excluding hydrogens is 258 g/mol. The highest BCUT2D eigenvalue weighted by atomic mass is 35.5. The van der Waals surface area contributed by atoms with Crippen molar-refractivity contribution in [2.24, 2.45) is 0 Å². The smallest absolute Gasteiger partial charge is 0.264 e. The molecule has 1 aliphatic heterocycles. The summed E-state index contributed by atoms with van der Waals surface area (Å²) >= 11 is 7.67. The second-order valence-electron chi connectivity index (χ2n) is 3.70. The summed E-state index contributed by atoms with van der Waals surface area (Å²) in [6.45, 7) is 2.02. The van der Waals surface area contributed by atoms with Crippen LogP contribution in [0, 0.1) is 0 Å². The first kappa shape index (κ1) is 12.7. The largest absolute Gasteiger partial charge is 0.369 e. The van der Waals surface area contributed by atoms with Gasteiger partial charge in [0.05, 0.1) is 0 Å². The molecule has 0 aliphatic carbocycles. The van der Waals surface area contributed by atoms with Crippen LogP contribution in [0.25, 0.3) is 0 Å². The zero-order chi connectivity index (χ0) is 12.4. The Balaban J connectivity index is 2.28. The maximum Gasteiger partial charge on any atom is 0.264 e. The summed E-state index contributed by atoms with van der Waals surface area (Å²) in [5.41, 5.74) is 0.946. The van der Waals surface area contributed by atoms with Gasteiger partial charge in [-0.25, -0.2) is 0 Å². The maximum absolute atomic E-state index is 11.8. The van der Waals surface area contributed by atoms with Crippen molar-refractivity contribution >= 4 is 29.5 Å². The molecule has 0 spiro atoms. The van der Waals surface area contributed by atoms with Crippen molar-refractivity contribution in [2.75, 3.05) is 12.9 Å². The second-order valence-corrected chi connectivity index (χ2v) is 5.34. The molecule has 1 amide bonds. The Kier molecular flexibility index (Phi) is 3.97. The summed E-state index contributed by atoms with van der Waals surface area (Å²) in [5.74, 6) is 0.868. The monoisotopic (exact) mass is 271 g/mol. The van der Waals surface area contributed by atoms with E-state index in [1.165, 1.54) is 11.9 Å². The first-order chi connectivity index (χ1) is 8.20. The van der Waals surface area contributed by atoms with Crippen LogP contribution in [0.15, 0.2) is 24.3 Å². The molecule has 2 unspecified atom stereocenters. The van der Waals surface area contributed by atoms with Gasteiger partial charge < -0.3 is 4.74 Å². The number of ether oxygens (including phenoxy) is 1. The Bertz CT molecular complexity index is 427. The Morgan fingerprint density at radius 3 is 2.76 bits per heavy atom. The molecule has 5 heteroatoms. The second kappa shape index (κ2) is 5.29. The number of β-lactam (4-membered cyclic amide) rings is 1. The van der Waals surface area contributed by atoms with Crippen LogP contribution in [0.5, 0.6) is 0 Å². The molecule has 1 aromatic rings. The molecule has 2 atom stereocenters. The summed E-state index contributed by atoms with van der Waals surface area (Å²) in [7, 11) is 1.56. The summed E-state index contributed by atoms with van der Waals surface area (Å²) in [6.07, 6.45) is -0.408. The van der Waals surface area contributed by atoms with Gasteiger partial charge in [0.1, 0.15) is 6.04 Å². The number of amides is 1. The van der Waals surface area contributed by atoms with E-state index >= 15 is 0 Å². The molecule has 1 heterocycles. The van der Waals surface area contributed by atoms with E-state index in [-0.39, 0.29) is 11.9 Å². The third-order valence-corrected chi connectivity index (χ3v) is 4.03. The van der Waals surface area contributed by atoms with Crippen molar-refractivity contribution in [3.63, 3.8) is 0 Å². The van der Waals surface area contributed by atoms with Gasteiger partial charge in [-0.1, -0.05) is 36.7 Å². The van der Waals surface area contributed by atoms with Gasteiger partial charge >= 0.3 is 0 Å². The molecule has 92 valence electrons. The van der Waals surface area contributed by atoms with E-state index < -0.39 is 6.10 Å². The van der Waals surface area contributed by atoms with Crippen LogP contribution in [0.3, 0.4) is 0 Å². The van der Waals surface area contributed by atoms with Crippen molar-refractivity contribution in [2.45, 2.75) is 19.1 Å². The molecule has 1 aliphatic rings. The first-order valence-electron chi connectivity index (χ1n) is 5.44. The Labute approximate surface area is 110 Å². The molecule has 1 fully saturated rings. The lowest BCUT2D eigenvalue weighted by molar-refractivity contribution is -0.158. The van der Waals surface area contributed by atoms with Gasteiger partial charge in [-0.15, -0.1) is 0 Å². The fourth-order valence-electron chi connectivity index (χ4n) is 1.96. The molecule has 1 saturated heterocycles. The van der Waals surface area contributed by atoms with E-state index in [2.05, 4.69) is 0 Å². The lowest BCUT2D eigenvalue weighted by Crippen LogP contribution is -2.56. The molecule has 3 nitrogen and oxygen atoms in total. The highest BCUT2D eigenvalue weighted by Crippen LogP contribution is 2.43. The minimum Gasteiger partial charge on any atom is -0.369 e. The average Bonchev–Trinajstić information content (AvgIpc) is 2.34. The van der Waals surface area contributed by atoms with Crippen molar-refractivity contribution in [3.8, 4) is 0 Å². The lowest BCUT2D eigenvalue weighted by Gasteiger charge is -2.45. The number of halogens is 1. The average molecular weight is 272 g/mol. The molecule has 17 heavy (non-hydrogen) atoms. The molecule has 2 rings (SSSR count). The number of hydrogen-bond acceptors (Lipinski definition) is 3. The van der Waals surface area contributed by atoms with Crippen LogP contribution in [0.2, 0.25) is 5.02 Å². The molecule has 1 aromatic carbocycles. The van der Waals surface area contributed by atoms with Crippen LogP contribution in [-0.4, -0.2) is 29.2 Å². The van der Waals surface area contributed by atoms with E-state index in [4.69, 9.17) is 16.3 Å². The maximum atomic E-state index is 11.8. The number of carbonyl (C=O) groups excluding carboxylic acids is 1. The quantitative estimate of drug-likeness (QED) is 0.623. The Morgan fingerprint density at radius 1 is 1.47 bits per heavy atom. The third-order valence-electron chi connectivity index (χ3n) is 2.75. The topological polar surface area (TPSA) is 29.5 Å². The normalized spacial score (nSPS) is 23.7. The van der Waals surface area contributed by atoms with Crippen molar-refractivity contribution < 1.29 is 9.53 Å². The molecular formula is C12H14ClNO2S. The highest BCUT2D eigenvalue weighted by Gasteiger charge is 2.49. The van der Waals surface area contributed by atoms with Gasteiger partial charge in [0.2, 0.25) is 0 Å². The van der Waals surface area contributed by atoms with Gasteiger partial charge in [0, 0.05) is 17.9 Å². The van der Waals surface area contributed by atoms with Gasteiger partial charge in [-0.2, -0.15) is 0 Å². The van der Waals surface area contributed by atoms with E-state index in [0.29, 0.717) is 5.02 Å². The molecule has 0 bridgehead atoms. The van der Waals surface area contributed by atoms with Crippen molar-refractivity contribution in [1.29, 1.82) is 0 Å². The fraction of sp³-hybridized carbons (Fsp3) is 0.417.